The summed E-state index contributed by atoms with van der Waals surface area (Å²) in [7, 11) is 1.73. The van der Waals surface area contributed by atoms with Crippen LogP contribution in [0.4, 0.5) is 4.79 Å². The Kier molecular flexibility index (Phi) is 5.85. The molecule has 2 heterocycles. The van der Waals surface area contributed by atoms with E-state index in [1.165, 1.54) is 10.5 Å². The number of likely N-dealkylation sites (N-methyl/N-ethyl adjacent to an activating group) is 1. The molecule has 1 N–H and O–H groups in total. The van der Waals surface area contributed by atoms with Crippen LogP contribution in [0.25, 0.3) is 0 Å². The average molecular weight is 399 g/mol. The molecule has 0 spiro atoms. The number of amides is 4. The van der Waals surface area contributed by atoms with Gasteiger partial charge in [0.25, 0.3) is 5.91 Å². The van der Waals surface area contributed by atoms with E-state index in [1.807, 2.05) is 18.2 Å². The summed E-state index contributed by atoms with van der Waals surface area (Å²) >= 11 is 0. The third kappa shape index (κ3) is 4.15. The number of carbonyl (C=O) groups is 3. The highest BCUT2D eigenvalue weighted by Gasteiger charge is 2.43. The van der Waals surface area contributed by atoms with Gasteiger partial charge in [-0.25, -0.2) is 4.79 Å². The van der Waals surface area contributed by atoms with Gasteiger partial charge in [-0.3, -0.25) is 14.5 Å². The number of fused-ring (bicyclic) bond motifs is 1. The number of rotatable bonds is 5. The molecule has 1 aromatic carbocycles. The van der Waals surface area contributed by atoms with Crippen LogP contribution in [0.1, 0.15) is 55.8 Å². The number of carbonyl (C=O) groups excluding carboxylic acids is 3. The number of nitrogens with zero attached hydrogens (tertiary/aromatic N) is 2. The maximum atomic E-state index is 12.8. The molecule has 0 radical (unpaired) electrons. The summed E-state index contributed by atoms with van der Waals surface area (Å²) in [5.74, 6) is -0.427. The normalized spacial score (nSPS) is 24.9. The zero-order chi connectivity index (χ0) is 20.4. The third-order valence-electron chi connectivity index (χ3n) is 6.33. The molecule has 4 amide bonds. The Balaban J connectivity index is 1.36. The molecule has 1 aromatic rings. The van der Waals surface area contributed by atoms with Crippen LogP contribution in [0.15, 0.2) is 24.3 Å². The van der Waals surface area contributed by atoms with Crippen molar-refractivity contribution in [3.05, 3.63) is 35.4 Å². The Morgan fingerprint density at radius 2 is 1.97 bits per heavy atom. The van der Waals surface area contributed by atoms with Gasteiger partial charge in [0.2, 0.25) is 5.91 Å². The zero-order valence-corrected chi connectivity index (χ0v) is 16.9. The van der Waals surface area contributed by atoms with E-state index in [-0.39, 0.29) is 36.4 Å². The molecule has 1 saturated heterocycles. The Hall–Kier alpha value is -2.41. The number of urea groups is 1. The molecule has 0 bridgehead atoms. The summed E-state index contributed by atoms with van der Waals surface area (Å²) in [5.41, 5.74) is 2.37. The van der Waals surface area contributed by atoms with Crippen molar-refractivity contribution in [2.45, 2.75) is 63.1 Å². The largest absolute Gasteiger partial charge is 0.371 e. The van der Waals surface area contributed by atoms with E-state index < -0.39 is 6.04 Å². The number of hydrogen-bond donors (Lipinski definition) is 1. The van der Waals surface area contributed by atoms with E-state index in [9.17, 15) is 14.4 Å². The SMILES string of the molecule is CN(C[C@H]1OCCc2ccccc21)C(=O)C[C@@H]1NC(=O)N(C2CCCCC2)C1=O. The molecule has 3 aliphatic rings. The fourth-order valence-electron chi connectivity index (χ4n) is 4.68. The number of benzene rings is 1. The van der Waals surface area contributed by atoms with Gasteiger partial charge in [0.15, 0.2) is 0 Å². The molecule has 2 atom stereocenters. The van der Waals surface area contributed by atoms with Crippen LogP contribution in [0.3, 0.4) is 0 Å². The van der Waals surface area contributed by atoms with Crippen molar-refractivity contribution in [3.8, 4) is 0 Å². The lowest BCUT2D eigenvalue weighted by molar-refractivity contribution is -0.137. The molecular weight excluding hydrogens is 370 g/mol. The van der Waals surface area contributed by atoms with E-state index in [4.69, 9.17) is 4.74 Å². The standard InChI is InChI=1S/C22H29N3O4/c1-24(14-19-17-10-6-5-7-15(17)11-12-29-19)20(26)13-18-21(27)25(22(28)23-18)16-8-3-2-4-9-16/h5-7,10,16,18-19H,2-4,8-9,11-14H2,1H3,(H,23,28)/t18-,19+/m0/s1. The highest BCUT2D eigenvalue weighted by atomic mass is 16.5. The summed E-state index contributed by atoms with van der Waals surface area (Å²) in [6.07, 6.45) is 5.65. The van der Waals surface area contributed by atoms with E-state index in [2.05, 4.69) is 11.4 Å². The molecule has 7 heteroatoms. The average Bonchev–Trinajstić information content (AvgIpc) is 3.01. The first kappa shape index (κ1) is 19.9. The molecule has 0 unspecified atom stereocenters. The van der Waals surface area contributed by atoms with Gasteiger partial charge < -0.3 is 15.0 Å². The van der Waals surface area contributed by atoms with E-state index >= 15 is 0 Å². The highest BCUT2D eigenvalue weighted by Crippen LogP contribution is 2.28. The Bertz CT molecular complexity index is 790. The van der Waals surface area contributed by atoms with Gasteiger partial charge in [-0.1, -0.05) is 43.5 Å². The van der Waals surface area contributed by atoms with Crippen LogP contribution < -0.4 is 5.32 Å². The molecule has 156 valence electrons. The van der Waals surface area contributed by atoms with Crippen LogP contribution in [0.5, 0.6) is 0 Å². The lowest BCUT2D eigenvalue weighted by Crippen LogP contribution is -2.42. The molecule has 0 aromatic heterocycles. The summed E-state index contributed by atoms with van der Waals surface area (Å²) in [6, 6.07) is 6.99. The van der Waals surface area contributed by atoms with Crippen LogP contribution >= 0.6 is 0 Å². The second kappa shape index (κ2) is 8.53. The van der Waals surface area contributed by atoms with E-state index in [1.54, 1.807) is 11.9 Å². The van der Waals surface area contributed by atoms with Gasteiger partial charge >= 0.3 is 6.03 Å². The quantitative estimate of drug-likeness (QED) is 0.771. The van der Waals surface area contributed by atoms with Gasteiger partial charge in [-0.2, -0.15) is 0 Å². The van der Waals surface area contributed by atoms with Crippen molar-refractivity contribution in [2.75, 3.05) is 20.2 Å². The van der Waals surface area contributed by atoms with Crippen LogP contribution in [-0.2, 0) is 20.7 Å². The second-order valence-corrected chi connectivity index (χ2v) is 8.29. The number of nitrogens with one attached hydrogen (secondary N) is 1. The van der Waals surface area contributed by atoms with Crippen molar-refractivity contribution < 1.29 is 19.1 Å². The zero-order valence-electron chi connectivity index (χ0n) is 16.9. The summed E-state index contributed by atoms with van der Waals surface area (Å²) in [5, 5.41) is 2.71. The van der Waals surface area contributed by atoms with Crippen molar-refractivity contribution in [1.82, 2.24) is 15.1 Å². The van der Waals surface area contributed by atoms with E-state index in [0.717, 1.165) is 44.1 Å². The van der Waals surface area contributed by atoms with Gasteiger partial charge in [0.1, 0.15) is 12.1 Å². The van der Waals surface area contributed by atoms with Gasteiger partial charge in [0, 0.05) is 13.1 Å². The molecule has 2 aliphatic heterocycles. The first-order valence-corrected chi connectivity index (χ1v) is 10.6. The maximum Gasteiger partial charge on any atom is 0.325 e. The van der Waals surface area contributed by atoms with E-state index in [0.29, 0.717) is 13.2 Å². The van der Waals surface area contributed by atoms with Gasteiger partial charge in [-0.05, 0) is 30.4 Å². The minimum absolute atomic E-state index is 0.0152. The smallest absolute Gasteiger partial charge is 0.325 e. The Labute approximate surface area is 171 Å². The van der Waals surface area contributed by atoms with Crippen LogP contribution in [0, 0.1) is 0 Å². The first-order valence-electron chi connectivity index (χ1n) is 10.6. The minimum Gasteiger partial charge on any atom is -0.371 e. The van der Waals surface area contributed by atoms with Crippen molar-refractivity contribution >= 4 is 17.8 Å². The molecule has 1 saturated carbocycles. The first-order chi connectivity index (χ1) is 14.0. The Morgan fingerprint density at radius 1 is 1.21 bits per heavy atom. The second-order valence-electron chi connectivity index (χ2n) is 8.29. The Morgan fingerprint density at radius 3 is 2.76 bits per heavy atom. The predicted octanol–water partition coefficient (Wildman–Crippen LogP) is 2.40. The fraction of sp³-hybridized carbons (Fsp3) is 0.591. The number of imide groups is 1. The van der Waals surface area contributed by atoms with Gasteiger partial charge in [-0.15, -0.1) is 0 Å². The van der Waals surface area contributed by atoms with Crippen molar-refractivity contribution in [2.24, 2.45) is 0 Å². The molecule has 1 aliphatic carbocycles. The van der Waals surface area contributed by atoms with Crippen LogP contribution in [0.2, 0.25) is 0 Å². The number of hydrogen-bond acceptors (Lipinski definition) is 4. The molecule has 4 rings (SSSR count). The lowest BCUT2D eigenvalue weighted by atomic mass is 9.94. The van der Waals surface area contributed by atoms with Crippen LogP contribution in [-0.4, -0.2) is 59.9 Å². The maximum absolute atomic E-state index is 12.8. The molecule has 7 nitrogen and oxygen atoms in total. The fourth-order valence-corrected chi connectivity index (χ4v) is 4.68. The topological polar surface area (TPSA) is 79.0 Å². The summed E-state index contributed by atoms with van der Waals surface area (Å²) < 4.78 is 5.89. The molecular formula is C22H29N3O4. The number of ether oxygens (including phenoxy) is 1. The summed E-state index contributed by atoms with van der Waals surface area (Å²) in [6.45, 7) is 1.06. The van der Waals surface area contributed by atoms with Crippen molar-refractivity contribution in [3.63, 3.8) is 0 Å². The lowest BCUT2D eigenvalue weighted by Gasteiger charge is -2.30. The third-order valence-corrected chi connectivity index (χ3v) is 6.33. The molecule has 2 fully saturated rings. The summed E-state index contributed by atoms with van der Waals surface area (Å²) in [4.78, 5) is 40.9. The highest BCUT2D eigenvalue weighted by molar-refractivity contribution is 6.06. The predicted molar refractivity (Wildman–Crippen MR) is 107 cm³/mol. The minimum atomic E-state index is -0.765. The molecule has 29 heavy (non-hydrogen) atoms. The van der Waals surface area contributed by atoms with Crippen molar-refractivity contribution in [1.29, 1.82) is 0 Å². The monoisotopic (exact) mass is 399 g/mol. The van der Waals surface area contributed by atoms with Gasteiger partial charge in [0.05, 0.1) is 19.6 Å².